The SMILES string of the molecule is Cn1cc(-c2cc(Cl)c(C(=O)N3CCc4c(cccc4-c4ccc(C(=O)O)c(Cl)n4)C3)c(Cl)c2)cn1. The lowest BCUT2D eigenvalue weighted by Gasteiger charge is -2.30. The molecule has 2 aromatic heterocycles. The van der Waals surface area contributed by atoms with Gasteiger partial charge in [0, 0.05) is 37.5 Å². The van der Waals surface area contributed by atoms with Gasteiger partial charge in [0.1, 0.15) is 5.15 Å². The first-order chi connectivity index (χ1) is 17.2. The zero-order valence-electron chi connectivity index (χ0n) is 19.0. The summed E-state index contributed by atoms with van der Waals surface area (Å²) in [6.07, 6.45) is 4.14. The number of amides is 1. The number of rotatable bonds is 4. The van der Waals surface area contributed by atoms with E-state index in [0.29, 0.717) is 25.2 Å². The molecule has 0 radical (unpaired) electrons. The van der Waals surface area contributed by atoms with Gasteiger partial charge in [-0.3, -0.25) is 9.48 Å². The second-order valence-corrected chi connectivity index (χ2v) is 9.65. The van der Waals surface area contributed by atoms with Crippen LogP contribution in [0.2, 0.25) is 15.2 Å². The molecule has 0 aliphatic carbocycles. The number of carbonyl (C=O) groups is 2. The molecular weight excluding hydrogens is 523 g/mol. The molecule has 7 nitrogen and oxygen atoms in total. The van der Waals surface area contributed by atoms with E-state index in [4.69, 9.17) is 34.8 Å². The predicted molar refractivity (Wildman–Crippen MR) is 139 cm³/mol. The molecule has 0 bridgehead atoms. The molecule has 0 saturated heterocycles. The van der Waals surface area contributed by atoms with Gasteiger partial charge in [-0.15, -0.1) is 0 Å². The number of fused-ring (bicyclic) bond motifs is 1. The fourth-order valence-corrected chi connectivity index (χ4v) is 5.32. The van der Waals surface area contributed by atoms with E-state index in [2.05, 4.69) is 10.1 Å². The van der Waals surface area contributed by atoms with Crippen molar-refractivity contribution in [3.63, 3.8) is 0 Å². The van der Waals surface area contributed by atoms with Crippen molar-refractivity contribution in [2.45, 2.75) is 13.0 Å². The van der Waals surface area contributed by atoms with Crippen LogP contribution in [0.1, 0.15) is 31.8 Å². The van der Waals surface area contributed by atoms with Crippen LogP contribution in [-0.2, 0) is 20.0 Å². The lowest BCUT2D eigenvalue weighted by molar-refractivity contribution is 0.0695. The number of carbonyl (C=O) groups excluding carboxylic acids is 1. The van der Waals surface area contributed by atoms with Gasteiger partial charge in [0.2, 0.25) is 0 Å². The Balaban J connectivity index is 1.43. The molecule has 0 fully saturated rings. The zero-order chi connectivity index (χ0) is 25.6. The first-order valence-corrected chi connectivity index (χ1v) is 12.1. The average molecular weight is 542 g/mol. The van der Waals surface area contributed by atoms with Crippen LogP contribution < -0.4 is 0 Å². The fraction of sp³-hybridized carbons (Fsp3) is 0.154. The van der Waals surface area contributed by atoms with Crippen molar-refractivity contribution in [3.05, 3.63) is 92.3 Å². The topological polar surface area (TPSA) is 88.3 Å². The minimum Gasteiger partial charge on any atom is -0.478 e. The first-order valence-electron chi connectivity index (χ1n) is 11.0. The standard InChI is InChI=1S/C26H19Cl3N4O3/c1-32-12-16(11-30-32)15-9-20(27)23(21(28)10-15)25(34)33-8-7-17-14(13-33)3-2-4-18(17)22-6-5-19(26(35)36)24(29)31-22/h2-6,9-12H,7-8,13H2,1H3,(H,35,36). The fourth-order valence-electron chi connectivity index (χ4n) is 4.44. The van der Waals surface area contributed by atoms with Crippen molar-refractivity contribution in [2.24, 2.45) is 7.05 Å². The number of carboxylic acids is 1. The lowest BCUT2D eigenvalue weighted by atomic mass is 9.92. The molecule has 5 rings (SSSR count). The highest BCUT2D eigenvalue weighted by atomic mass is 35.5. The molecule has 0 saturated carbocycles. The van der Waals surface area contributed by atoms with Crippen LogP contribution in [0.3, 0.4) is 0 Å². The molecule has 0 unspecified atom stereocenters. The van der Waals surface area contributed by atoms with Gasteiger partial charge in [-0.25, -0.2) is 9.78 Å². The molecule has 1 amide bonds. The van der Waals surface area contributed by atoms with Gasteiger partial charge in [0.25, 0.3) is 5.91 Å². The van der Waals surface area contributed by atoms with Crippen molar-refractivity contribution in [2.75, 3.05) is 6.54 Å². The Labute approximate surface area is 221 Å². The van der Waals surface area contributed by atoms with E-state index in [9.17, 15) is 14.7 Å². The Morgan fingerprint density at radius 1 is 1.03 bits per heavy atom. The number of benzene rings is 2. The number of carboxylic acid groups (broad SMARTS) is 1. The van der Waals surface area contributed by atoms with Crippen LogP contribution in [0.4, 0.5) is 0 Å². The molecule has 10 heteroatoms. The summed E-state index contributed by atoms with van der Waals surface area (Å²) < 4.78 is 1.68. The maximum atomic E-state index is 13.5. The Hall–Kier alpha value is -3.39. The van der Waals surface area contributed by atoms with E-state index in [0.717, 1.165) is 27.8 Å². The van der Waals surface area contributed by atoms with Gasteiger partial charge in [-0.2, -0.15) is 5.10 Å². The van der Waals surface area contributed by atoms with Crippen LogP contribution in [0.5, 0.6) is 0 Å². The van der Waals surface area contributed by atoms with Crippen LogP contribution in [0, 0.1) is 0 Å². The van der Waals surface area contributed by atoms with Gasteiger partial charge in [0.15, 0.2) is 0 Å². The second-order valence-electron chi connectivity index (χ2n) is 8.48. The Bertz CT molecular complexity index is 1510. The number of pyridine rings is 1. The molecule has 0 atom stereocenters. The summed E-state index contributed by atoms with van der Waals surface area (Å²) in [5.74, 6) is -1.38. The summed E-state index contributed by atoms with van der Waals surface area (Å²) >= 11 is 19.2. The van der Waals surface area contributed by atoms with E-state index in [1.807, 2.05) is 31.4 Å². The first kappa shape index (κ1) is 24.3. The molecule has 2 aromatic carbocycles. The molecule has 182 valence electrons. The van der Waals surface area contributed by atoms with Crippen LogP contribution in [-0.4, -0.2) is 43.2 Å². The van der Waals surface area contributed by atoms with E-state index in [1.54, 1.807) is 34.0 Å². The van der Waals surface area contributed by atoms with Crippen molar-refractivity contribution in [3.8, 4) is 22.4 Å². The third kappa shape index (κ3) is 4.46. The molecule has 1 aliphatic rings. The quantitative estimate of drug-likeness (QED) is 0.320. The maximum Gasteiger partial charge on any atom is 0.338 e. The third-order valence-corrected chi connectivity index (χ3v) is 7.09. The monoisotopic (exact) mass is 540 g/mol. The second kappa shape index (κ2) is 9.58. The van der Waals surface area contributed by atoms with Gasteiger partial charge >= 0.3 is 5.97 Å². The van der Waals surface area contributed by atoms with Gasteiger partial charge in [-0.1, -0.05) is 53.0 Å². The molecular formula is C26H19Cl3N4O3. The Morgan fingerprint density at radius 3 is 2.42 bits per heavy atom. The number of hydrogen-bond acceptors (Lipinski definition) is 4. The number of nitrogens with zero attached hydrogens (tertiary/aromatic N) is 4. The maximum absolute atomic E-state index is 13.5. The summed E-state index contributed by atoms with van der Waals surface area (Å²) in [7, 11) is 1.82. The smallest absolute Gasteiger partial charge is 0.338 e. The molecule has 1 aliphatic heterocycles. The minimum absolute atomic E-state index is 0.0507. The zero-order valence-corrected chi connectivity index (χ0v) is 21.3. The van der Waals surface area contributed by atoms with E-state index >= 15 is 0 Å². The van der Waals surface area contributed by atoms with Crippen molar-refractivity contribution in [1.29, 1.82) is 0 Å². The van der Waals surface area contributed by atoms with Gasteiger partial charge in [-0.05, 0) is 47.4 Å². The van der Waals surface area contributed by atoms with Gasteiger partial charge in [0.05, 0.1) is 33.1 Å². The highest BCUT2D eigenvalue weighted by molar-refractivity contribution is 6.40. The summed E-state index contributed by atoms with van der Waals surface area (Å²) in [6, 6.07) is 12.3. The van der Waals surface area contributed by atoms with E-state index in [1.165, 1.54) is 6.07 Å². The summed E-state index contributed by atoms with van der Waals surface area (Å²) in [5.41, 5.74) is 5.29. The van der Waals surface area contributed by atoms with Crippen molar-refractivity contribution in [1.82, 2.24) is 19.7 Å². The van der Waals surface area contributed by atoms with Crippen LogP contribution in [0.25, 0.3) is 22.4 Å². The van der Waals surface area contributed by atoms with Crippen LogP contribution >= 0.6 is 34.8 Å². The Morgan fingerprint density at radius 2 is 1.78 bits per heavy atom. The number of aromatic carboxylic acids is 1. The highest BCUT2D eigenvalue weighted by Gasteiger charge is 2.27. The molecule has 0 spiro atoms. The molecule has 4 aromatic rings. The number of aromatic nitrogens is 3. The summed E-state index contributed by atoms with van der Waals surface area (Å²) in [4.78, 5) is 30.7. The largest absolute Gasteiger partial charge is 0.478 e. The summed E-state index contributed by atoms with van der Waals surface area (Å²) in [5, 5.41) is 13.9. The number of hydrogen-bond donors (Lipinski definition) is 1. The normalized spacial score (nSPS) is 12.9. The predicted octanol–water partition coefficient (Wildman–Crippen LogP) is 6.01. The number of halogens is 3. The van der Waals surface area contributed by atoms with E-state index < -0.39 is 5.97 Å². The van der Waals surface area contributed by atoms with E-state index in [-0.39, 0.29) is 32.2 Å². The molecule has 36 heavy (non-hydrogen) atoms. The minimum atomic E-state index is -1.13. The molecule has 1 N–H and O–H groups in total. The summed E-state index contributed by atoms with van der Waals surface area (Å²) in [6.45, 7) is 0.834. The van der Waals surface area contributed by atoms with Crippen molar-refractivity contribution < 1.29 is 14.7 Å². The molecule has 3 heterocycles. The number of aryl methyl sites for hydroxylation is 1. The van der Waals surface area contributed by atoms with Crippen molar-refractivity contribution >= 4 is 46.7 Å². The third-order valence-electron chi connectivity index (χ3n) is 6.20. The highest BCUT2D eigenvalue weighted by Crippen LogP contribution is 2.35. The lowest BCUT2D eigenvalue weighted by Crippen LogP contribution is -2.36. The van der Waals surface area contributed by atoms with Crippen LogP contribution in [0.15, 0.2) is 54.9 Å². The Kier molecular flexibility index (Phi) is 6.47. The van der Waals surface area contributed by atoms with Gasteiger partial charge < -0.3 is 10.0 Å². The average Bonchev–Trinajstić information content (AvgIpc) is 3.28.